The monoisotopic (exact) mass is 300 g/mol. The smallest absolute Gasteiger partial charge is 0.288 e. The topological polar surface area (TPSA) is 68.3 Å². The summed E-state index contributed by atoms with van der Waals surface area (Å²) in [4.78, 5) is 12.0. The van der Waals surface area contributed by atoms with Gasteiger partial charge in [-0.15, -0.1) is 0 Å². The number of furan rings is 1. The fourth-order valence-electron chi connectivity index (χ4n) is 2.37. The van der Waals surface area contributed by atoms with E-state index in [1.807, 2.05) is 0 Å². The summed E-state index contributed by atoms with van der Waals surface area (Å²) in [6.45, 7) is 0.629. The largest absolute Gasteiger partial charge is 0.458 e. The summed E-state index contributed by atoms with van der Waals surface area (Å²) < 4.78 is 5.84. The lowest BCUT2D eigenvalue weighted by Gasteiger charge is -2.31. The Labute approximate surface area is 109 Å². The standard InChI is InChI=1S/C12H17BrN2O2/c13-9-5-6-17-11(9)12(16)15-10-4-2-1-3-8(10)7-14/h5-6,8,10H,1-4,7,14H2,(H,15,16). The van der Waals surface area contributed by atoms with Gasteiger partial charge in [0.25, 0.3) is 5.91 Å². The highest BCUT2D eigenvalue weighted by atomic mass is 79.9. The molecule has 5 heteroatoms. The molecule has 1 aromatic heterocycles. The number of carbonyl (C=O) groups is 1. The third-order valence-electron chi connectivity index (χ3n) is 3.35. The summed E-state index contributed by atoms with van der Waals surface area (Å²) in [7, 11) is 0. The number of rotatable bonds is 3. The van der Waals surface area contributed by atoms with Crippen LogP contribution in [0.25, 0.3) is 0 Å². The molecule has 0 aromatic carbocycles. The van der Waals surface area contributed by atoms with Crippen molar-refractivity contribution in [3.8, 4) is 0 Å². The molecule has 0 aliphatic heterocycles. The van der Waals surface area contributed by atoms with Crippen LogP contribution in [0.15, 0.2) is 21.2 Å². The van der Waals surface area contributed by atoms with Gasteiger partial charge >= 0.3 is 0 Å². The predicted molar refractivity (Wildman–Crippen MR) is 68.7 cm³/mol. The first kappa shape index (κ1) is 12.6. The molecule has 2 unspecified atom stereocenters. The normalized spacial score (nSPS) is 24.6. The van der Waals surface area contributed by atoms with Crippen LogP contribution in [-0.2, 0) is 0 Å². The van der Waals surface area contributed by atoms with E-state index in [0.717, 1.165) is 19.3 Å². The number of hydrogen-bond acceptors (Lipinski definition) is 3. The minimum Gasteiger partial charge on any atom is -0.458 e. The number of carbonyl (C=O) groups excluding carboxylic acids is 1. The van der Waals surface area contributed by atoms with E-state index in [0.29, 0.717) is 22.7 Å². The molecule has 2 atom stereocenters. The molecule has 1 aromatic rings. The van der Waals surface area contributed by atoms with Gasteiger partial charge < -0.3 is 15.5 Å². The van der Waals surface area contributed by atoms with E-state index in [1.54, 1.807) is 6.07 Å². The van der Waals surface area contributed by atoms with Gasteiger partial charge in [0.1, 0.15) is 0 Å². The van der Waals surface area contributed by atoms with Gasteiger partial charge in [-0.1, -0.05) is 12.8 Å². The summed E-state index contributed by atoms with van der Waals surface area (Å²) in [5, 5.41) is 3.02. The van der Waals surface area contributed by atoms with Crippen LogP contribution < -0.4 is 11.1 Å². The summed E-state index contributed by atoms with van der Waals surface area (Å²) in [5.74, 6) is 0.569. The van der Waals surface area contributed by atoms with Crippen LogP contribution in [0.1, 0.15) is 36.2 Å². The van der Waals surface area contributed by atoms with E-state index in [1.165, 1.54) is 12.7 Å². The summed E-state index contributed by atoms with van der Waals surface area (Å²) in [6.07, 6.45) is 5.96. The Bertz CT molecular complexity index is 392. The number of nitrogens with two attached hydrogens (primary N) is 1. The molecule has 17 heavy (non-hydrogen) atoms. The van der Waals surface area contributed by atoms with Gasteiger partial charge in [0.2, 0.25) is 5.76 Å². The van der Waals surface area contributed by atoms with Gasteiger partial charge in [0.15, 0.2) is 0 Å². The summed E-state index contributed by atoms with van der Waals surface area (Å²) in [6, 6.07) is 1.90. The Balaban J connectivity index is 2.00. The molecule has 1 saturated carbocycles. The molecule has 2 rings (SSSR count). The van der Waals surface area contributed by atoms with E-state index < -0.39 is 0 Å². The van der Waals surface area contributed by atoms with E-state index in [9.17, 15) is 4.79 Å². The van der Waals surface area contributed by atoms with Gasteiger partial charge in [0, 0.05) is 6.04 Å². The van der Waals surface area contributed by atoms with Crippen molar-refractivity contribution >= 4 is 21.8 Å². The first-order chi connectivity index (χ1) is 8.22. The number of nitrogens with one attached hydrogen (secondary N) is 1. The average molecular weight is 301 g/mol. The van der Waals surface area contributed by atoms with E-state index in [2.05, 4.69) is 21.2 Å². The molecular weight excluding hydrogens is 284 g/mol. The lowest BCUT2D eigenvalue weighted by Crippen LogP contribution is -2.44. The molecule has 1 aliphatic rings. The van der Waals surface area contributed by atoms with Crippen LogP contribution in [-0.4, -0.2) is 18.5 Å². The molecule has 4 nitrogen and oxygen atoms in total. The van der Waals surface area contributed by atoms with Crippen molar-refractivity contribution in [3.05, 3.63) is 22.6 Å². The summed E-state index contributed by atoms with van der Waals surface area (Å²) >= 11 is 3.28. The number of halogens is 1. The van der Waals surface area contributed by atoms with Crippen LogP contribution in [0, 0.1) is 5.92 Å². The molecule has 0 radical (unpaired) electrons. The first-order valence-electron chi connectivity index (χ1n) is 5.96. The molecule has 1 amide bonds. The molecular formula is C12H17BrN2O2. The maximum Gasteiger partial charge on any atom is 0.288 e. The van der Waals surface area contributed by atoms with Gasteiger partial charge in [-0.2, -0.15) is 0 Å². The minimum atomic E-state index is -0.160. The molecule has 0 spiro atoms. The lowest BCUT2D eigenvalue weighted by atomic mass is 9.84. The van der Waals surface area contributed by atoms with Crippen molar-refractivity contribution in [2.75, 3.05) is 6.54 Å². The molecule has 1 fully saturated rings. The Hall–Kier alpha value is -0.810. The van der Waals surface area contributed by atoms with Crippen molar-refractivity contribution < 1.29 is 9.21 Å². The van der Waals surface area contributed by atoms with E-state index >= 15 is 0 Å². The van der Waals surface area contributed by atoms with Crippen LogP contribution in [0.5, 0.6) is 0 Å². The SMILES string of the molecule is NCC1CCCCC1NC(=O)c1occc1Br. The number of amides is 1. The lowest BCUT2D eigenvalue weighted by molar-refractivity contribution is 0.0878. The zero-order chi connectivity index (χ0) is 12.3. The van der Waals surface area contributed by atoms with Crippen molar-refractivity contribution in [2.45, 2.75) is 31.7 Å². The third kappa shape index (κ3) is 2.90. The Morgan fingerprint density at radius 1 is 1.53 bits per heavy atom. The zero-order valence-electron chi connectivity index (χ0n) is 9.62. The molecule has 0 bridgehead atoms. The van der Waals surface area contributed by atoms with Gasteiger partial charge in [0.05, 0.1) is 10.7 Å². The van der Waals surface area contributed by atoms with Crippen LogP contribution >= 0.6 is 15.9 Å². The minimum absolute atomic E-state index is 0.160. The van der Waals surface area contributed by atoms with E-state index in [4.69, 9.17) is 10.2 Å². The zero-order valence-corrected chi connectivity index (χ0v) is 11.2. The van der Waals surface area contributed by atoms with Crippen molar-refractivity contribution in [1.29, 1.82) is 0 Å². The van der Waals surface area contributed by atoms with Gasteiger partial charge in [-0.3, -0.25) is 4.79 Å². The fraction of sp³-hybridized carbons (Fsp3) is 0.583. The highest BCUT2D eigenvalue weighted by Gasteiger charge is 2.27. The molecule has 1 aliphatic carbocycles. The first-order valence-corrected chi connectivity index (χ1v) is 6.75. The maximum absolute atomic E-state index is 12.0. The van der Waals surface area contributed by atoms with E-state index in [-0.39, 0.29) is 11.9 Å². The van der Waals surface area contributed by atoms with Crippen molar-refractivity contribution in [3.63, 3.8) is 0 Å². The van der Waals surface area contributed by atoms with Crippen molar-refractivity contribution in [1.82, 2.24) is 5.32 Å². The maximum atomic E-state index is 12.0. The van der Waals surface area contributed by atoms with Crippen LogP contribution in [0.3, 0.4) is 0 Å². The number of hydrogen-bond donors (Lipinski definition) is 2. The quantitative estimate of drug-likeness (QED) is 0.900. The van der Waals surface area contributed by atoms with Gasteiger partial charge in [-0.05, 0) is 47.3 Å². The third-order valence-corrected chi connectivity index (χ3v) is 3.98. The van der Waals surface area contributed by atoms with Crippen LogP contribution in [0.4, 0.5) is 0 Å². The second kappa shape index (κ2) is 5.69. The highest BCUT2D eigenvalue weighted by molar-refractivity contribution is 9.10. The average Bonchev–Trinajstić information content (AvgIpc) is 2.76. The Morgan fingerprint density at radius 3 is 2.94 bits per heavy atom. The van der Waals surface area contributed by atoms with Crippen LogP contribution in [0.2, 0.25) is 0 Å². The summed E-state index contributed by atoms with van der Waals surface area (Å²) in [5.41, 5.74) is 5.73. The van der Waals surface area contributed by atoms with Crippen molar-refractivity contribution in [2.24, 2.45) is 11.7 Å². The predicted octanol–water partition coefficient (Wildman–Crippen LogP) is 2.29. The van der Waals surface area contributed by atoms with Gasteiger partial charge in [-0.25, -0.2) is 0 Å². The Kier molecular flexibility index (Phi) is 4.23. The second-order valence-corrected chi connectivity index (χ2v) is 5.31. The molecule has 1 heterocycles. The second-order valence-electron chi connectivity index (χ2n) is 4.46. The molecule has 3 N–H and O–H groups in total. The highest BCUT2D eigenvalue weighted by Crippen LogP contribution is 2.24. The fourth-order valence-corrected chi connectivity index (χ4v) is 2.75. The molecule has 0 saturated heterocycles. The molecule has 94 valence electrons. The Morgan fingerprint density at radius 2 is 2.29 bits per heavy atom.